The smallest absolute Gasteiger partial charge is 0.248 e. The van der Waals surface area contributed by atoms with Crippen LogP contribution in [0.5, 0.6) is 0 Å². The van der Waals surface area contributed by atoms with Crippen LogP contribution >= 0.6 is 0 Å². The lowest BCUT2D eigenvalue weighted by Crippen LogP contribution is -2.62. The normalized spacial score (nSPS) is 40.0. The first-order valence-electron chi connectivity index (χ1n) is 16.3. The van der Waals surface area contributed by atoms with Crippen LogP contribution in [-0.2, 0) is 33.2 Å². The predicted octanol–water partition coefficient (Wildman–Crippen LogP) is -7.92. The summed E-state index contributed by atoms with van der Waals surface area (Å²) < 4.78 is 33.4. The molecular weight excluding hydrogens is 682 g/mol. The van der Waals surface area contributed by atoms with Crippen molar-refractivity contribution in [2.75, 3.05) is 26.4 Å². The van der Waals surface area contributed by atoms with Crippen molar-refractivity contribution in [2.24, 2.45) is 5.92 Å². The van der Waals surface area contributed by atoms with Crippen molar-refractivity contribution in [1.29, 1.82) is 0 Å². The van der Waals surface area contributed by atoms with Gasteiger partial charge in [-0.25, -0.2) is 0 Å². The van der Waals surface area contributed by atoms with E-state index < -0.39 is 149 Å². The minimum atomic E-state index is -1.96. The van der Waals surface area contributed by atoms with Gasteiger partial charge in [-0.05, 0) is 19.3 Å². The van der Waals surface area contributed by atoms with Crippen LogP contribution in [0, 0.1) is 5.92 Å². The molecule has 0 bridgehead atoms. The summed E-state index contributed by atoms with van der Waals surface area (Å²) in [6.45, 7) is 1.45. The quantitative estimate of drug-likeness (QED) is 0.0621. The number of nitrogens with one attached hydrogen (secondary N) is 1. The summed E-state index contributed by atoms with van der Waals surface area (Å²) in [7, 11) is 0. The molecule has 21 heteroatoms. The summed E-state index contributed by atoms with van der Waals surface area (Å²) in [6, 6.07) is -1.37. The van der Waals surface area contributed by atoms with Crippen LogP contribution in [0.25, 0.3) is 0 Å². The van der Waals surface area contributed by atoms with E-state index >= 15 is 0 Å². The molecule has 19 atom stereocenters. The van der Waals surface area contributed by atoms with Gasteiger partial charge in [0.05, 0.1) is 38.6 Å². The van der Waals surface area contributed by atoms with E-state index in [4.69, 9.17) is 28.4 Å². The summed E-state index contributed by atoms with van der Waals surface area (Å²) in [4.78, 5) is 12.3. The number of ether oxygens (including phenoxy) is 6. The molecule has 0 aromatic heterocycles. The summed E-state index contributed by atoms with van der Waals surface area (Å²) in [5.41, 5.74) is 0. The molecule has 1 amide bonds. The van der Waals surface area contributed by atoms with E-state index in [-0.39, 0.29) is 12.3 Å². The highest BCUT2D eigenvalue weighted by Gasteiger charge is 2.56. The molecule has 21 nitrogen and oxygen atoms in total. The fourth-order valence-corrected chi connectivity index (χ4v) is 5.82. The fourth-order valence-electron chi connectivity index (χ4n) is 5.82. The van der Waals surface area contributed by atoms with E-state index in [2.05, 4.69) is 5.32 Å². The van der Waals surface area contributed by atoms with E-state index in [0.29, 0.717) is 0 Å². The topological polar surface area (TPSA) is 347 Å². The predicted molar refractivity (Wildman–Crippen MR) is 160 cm³/mol. The summed E-state index contributed by atoms with van der Waals surface area (Å²) in [5, 5.41) is 136. The number of carbonyl (C=O) groups is 1. The van der Waals surface area contributed by atoms with Gasteiger partial charge in [0, 0.05) is 0 Å². The largest absolute Gasteiger partial charge is 0.394 e. The van der Waals surface area contributed by atoms with Crippen molar-refractivity contribution >= 4 is 5.91 Å². The molecule has 0 aromatic rings. The molecule has 294 valence electrons. The number of rotatable bonds is 18. The summed E-state index contributed by atoms with van der Waals surface area (Å²) >= 11 is 0. The van der Waals surface area contributed by atoms with Crippen LogP contribution in [0.4, 0.5) is 0 Å². The molecule has 0 spiro atoms. The van der Waals surface area contributed by atoms with E-state index in [1.165, 1.54) is 0 Å². The lowest BCUT2D eigenvalue weighted by Gasteiger charge is -2.43. The number of hydrogen-bond acceptors (Lipinski definition) is 20. The maximum atomic E-state index is 12.3. The average molecular weight is 736 g/mol. The Morgan fingerprint density at radius 1 is 0.700 bits per heavy atom. The second kappa shape index (κ2) is 19.2. The van der Waals surface area contributed by atoms with Gasteiger partial charge < -0.3 is 100 Å². The SMILES string of the molecule is CC(C)CC(O)[C@@H](O)C(COC1OC(CO)C(O)C(OC2OC([C@H](O)CO)C(O)C2OC2OC([C@H](O)CO)C(O)C2O)C1O)NC(=O)C(C)O. The molecule has 3 fully saturated rings. The molecule has 3 heterocycles. The summed E-state index contributed by atoms with van der Waals surface area (Å²) in [5.74, 6) is -0.987. The molecule has 0 saturated carbocycles. The van der Waals surface area contributed by atoms with Crippen molar-refractivity contribution in [2.45, 2.75) is 144 Å². The van der Waals surface area contributed by atoms with Gasteiger partial charge in [0.1, 0.15) is 85.5 Å². The highest BCUT2D eigenvalue weighted by molar-refractivity contribution is 5.80. The van der Waals surface area contributed by atoms with Gasteiger partial charge in [0.15, 0.2) is 18.9 Å². The highest BCUT2D eigenvalue weighted by atomic mass is 16.8. The van der Waals surface area contributed by atoms with Crippen molar-refractivity contribution in [1.82, 2.24) is 5.32 Å². The van der Waals surface area contributed by atoms with Gasteiger partial charge in [0.25, 0.3) is 0 Å². The van der Waals surface area contributed by atoms with E-state index in [1.54, 1.807) is 13.8 Å². The van der Waals surface area contributed by atoms with Crippen LogP contribution in [0.2, 0.25) is 0 Å². The minimum absolute atomic E-state index is 0.0637. The van der Waals surface area contributed by atoms with E-state index in [0.717, 1.165) is 6.92 Å². The first kappa shape index (κ1) is 43.1. The lowest BCUT2D eigenvalue weighted by atomic mass is 9.97. The molecule has 0 aliphatic carbocycles. The van der Waals surface area contributed by atoms with Crippen LogP contribution < -0.4 is 5.32 Å². The third-order valence-electron chi connectivity index (χ3n) is 8.69. The molecule has 3 aliphatic heterocycles. The second-order valence-corrected chi connectivity index (χ2v) is 13.1. The Bertz CT molecular complexity index is 1030. The van der Waals surface area contributed by atoms with E-state index in [9.17, 15) is 71.2 Å². The number of aliphatic hydroxyl groups is 13. The molecule has 14 N–H and O–H groups in total. The van der Waals surface area contributed by atoms with Crippen LogP contribution in [-0.4, -0.2) is 215 Å². The lowest BCUT2D eigenvalue weighted by molar-refractivity contribution is -0.338. The standard InChI is InChI=1S/C29H53NO20/c1-9(2)4-12(35)16(38)11(30-26(44)10(3)34)8-45-27-21(43)24(17(39)15(7-33)46-27)49-29-25(20(42)23(48-29)14(37)6-32)50-28-19(41)18(40)22(47-28)13(36)5-31/h9-25,27-29,31-43H,4-8H2,1-3H3,(H,30,44)/t10?,11?,12?,13-,14-,15?,16+,17?,18?,19?,20?,21?,22?,23?,24?,25?,27?,28?,29?/m1/s1. The van der Waals surface area contributed by atoms with Crippen LogP contribution in [0.1, 0.15) is 27.2 Å². The highest BCUT2D eigenvalue weighted by Crippen LogP contribution is 2.35. The van der Waals surface area contributed by atoms with Gasteiger partial charge in [-0.1, -0.05) is 13.8 Å². The molecule has 3 rings (SSSR count). The van der Waals surface area contributed by atoms with Crippen LogP contribution in [0.3, 0.4) is 0 Å². The Balaban J connectivity index is 1.83. The van der Waals surface area contributed by atoms with Crippen molar-refractivity contribution < 1.29 is 99.6 Å². The number of carbonyl (C=O) groups excluding carboxylic acids is 1. The third-order valence-corrected chi connectivity index (χ3v) is 8.69. The number of amides is 1. The Labute approximate surface area is 287 Å². The zero-order chi connectivity index (χ0) is 37.6. The Hall–Kier alpha value is -1.29. The zero-order valence-electron chi connectivity index (χ0n) is 27.8. The van der Waals surface area contributed by atoms with Gasteiger partial charge in [-0.3, -0.25) is 4.79 Å². The van der Waals surface area contributed by atoms with Gasteiger partial charge in [-0.2, -0.15) is 0 Å². The molecule has 50 heavy (non-hydrogen) atoms. The van der Waals surface area contributed by atoms with E-state index in [1.807, 2.05) is 0 Å². The molecule has 3 aliphatic rings. The molecule has 0 radical (unpaired) electrons. The third kappa shape index (κ3) is 10.2. The monoisotopic (exact) mass is 735 g/mol. The Morgan fingerprint density at radius 2 is 1.26 bits per heavy atom. The molecular formula is C29H53NO20. The molecule has 3 saturated heterocycles. The van der Waals surface area contributed by atoms with Gasteiger partial charge in [-0.15, -0.1) is 0 Å². The fraction of sp³-hybridized carbons (Fsp3) is 0.966. The second-order valence-electron chi connectivity index (χ2n) is 13.1. The van der Waals surface area contributed by atoms with Crippen molar-refractivity contribution in [3.63, 3.8) is 0 Å². The Kier molecular flexibility index (Phi) is 16.5. The number of aliphatic hydroxyl groups excluding tert-OH is 13. The van der Waals surface area contributed by atoms with Crippen molar-refractivity contribution in [3.05, 3.63) is 0 Å². The zero-order valence-corrected chi connectivity index (χ0v) is 27.8. The molecule has 0 aromatic carbocycles. The maximum absolute atomic E-state index is 12.3. The number of hydrogen-bond donors (Lipinski definition) is 14. The summed E-state index contributed by atoms with van der Waals surface area (Å²) in [6.07, 6.45) is -30.6. The first-order chi connectivity index (χ1) is 23.5. The minimum Gasteiger partial charge on any atom is -0.394 e. The van der Waals surface area contributed by atoms with Crippen LogP contribution in [0.15, 0.2) is 0 Å². The molecule has 16 unspecified atom stereocenters. The Morgan fingerprint density at radius 3 is 1.80 bits per heavy atom. The average Bonchev–Trinajstić information content (AvgIpc) is 3.54. The maximum Gasteiger partial charge on any atom is 0.248 e. The van der Waals surface area contributed by atoms with Crippen molar-refractivity contribution in [3.8, 4) is 0 Å². The first-order valence-corrected chi connectivity index (χ1v) is 16.3. The van der Waals surface area contributed by atoms with Gasteiger partial charge >= 0.3 is 0 Å². The van der Waals surface area contributed by atoms with Gasteiger partial charge in [0.2, 0.25) is 5.91 Å².